The fraction of sp³-hybridized carbons (Fsp3) is 0.250. The highest BCUT2D eigenvalue weighted by molar-refractivity contribution is 6.04. The van der Waals surface area contributed by atoms with E-state index in [1.54, 1.807) is 24.3 Å². The summed E-state index contributed by atoms with van der Waals surface area (Å²) in [4.78, 5) is 15.8. The molecule has 6 nitrogen and oxygen atoms in total. The summed E-state index contributed by atoms with van der Waals surface area (Å²) in [6.45, 7) is -0.654. The minimum atomic E-state index is -4.45. The molecule has 0 aliphatic carbocycles. The number of ether oxygens (including phenoxy) is 2. The quantitative estimate of drug-likeness (QED) is 0.757. The van der Waals surface area contributed by atoms with Crippen LogP contribution >= 0.6 is 12.4 Å². The van der Waals surface area contributed by atoms with Gasteiger partial charge in [-0.1, -0.05) is 0 Å². The minimum Gasteiger partial charge on any atom is -0.492 e. The number of nitrogens with two attached hydrogens (primary N) is 1. The van der Waals surface area contributed by atoms with Crippen molar-refractivity contribution in [3.05, 3.63) is 48.2 Å². The molecule has 0 bridgehead atoms. The molecule has 1 heterocycles. The van der Waals surface area contributed by atoms with Crippen molar-refractivity contribution in [2.75, 3.05) is 25.1 Å². The zero-order valence-corrected chi connectivity index (χ0v) is 14.3. The Kier molecular flexibility index (Phi) is 8.14. The molecular weight excluding hydrogens is 375 g/mol. The first-order valence-corrected chi connectivity index (χ1v) is 7.27. The molecule has 0 atom stereocenters. The fourth-order valence-corrected chi connectivity index (χ4v) is 1.77. The summed E-state index contributed by atoms with van der Waals surface area (Å²) in [5, 5.41) is 2.64. The Morgan fingerprint density at radius 1 is 1.12 bits per heavy atom. The zero-order valence-electron chi connectivity index (χ0n) is 13.5. The molecule has 0 aliphatic heterocycles. The normalized spacial score (nSPS) is 10.6. The van der Waals surface area contributed by atoms with Crippen molar-refractivity contribution in [1.82, 2.24) is 4.98 Å². The molecule has 0 radical (unpaired) electrons. The number of alkyl halides is 3. The highest BCUT2D eigenvalue weighted by Crippen LogP contribution is 2.18. The summed E-state index contributed by atoms with van der Waals surface area (Å²) in [5.74, 6) is -0.0444. The van der Waals surface area contributed by atoms with E-state index in [2.05, 4.69) is 15.0 Å². The SMILES string of the molecule is Cl.NCCOc1ccc(NC(=O)c2ccc(OCC(F)(F)F)nc2)cc1. The summed E-state index contributed by atoms with van der Waals surface area (Å²) < 4.78 is 46.0. The van der Waals surface area contributed by atoms with Gasteiger partial charge in [-0.2, -0.15) is 13.2 Å². The third-order valence-electron chi connectivity index (χ3n) is 2.88. The number of nitrogens with zero attached hydrogens (tertiary/aromatic N) is 1. The predicted molar refractivity (Wildman–Crippen MR) is 92.0 cm³/mol. The number of carbonyl (C=O) groups is 1. The number of hydrogen-bond donors (Lipinski definition) is 2. The molecule has 142 valence electrons. The lowest BCUT2D eigenvalue weighted by atomic mass is 10.2. The van der Waals surface area contributed by atoms with E-state index in [1.807, 2.05) is 0 Å². The van der Waals surface area contributed by atoms with E-state index in [0.717, 1.165) is 6.20 Å². The van der Waals surface area contributed by atoms with Gasteiger partial charge in [-0.15, -0.1) is 12.4 Å². The van der Waals surface area contributed by atoms with E-state index >= 15 is 0 Å². The number of pyridine rings is 1. The van der Waals surface area contributed by atoms with E-state index in [-0.39, 0.29) is 23.9 Å². The Hall–Kier alpha value is -2.52. The minimum absolute atomic E-state index is 0. The van der Waals surface area contributed by atoms with Crippen LogP contribution < -0.4 is 20.5 Å². The van der Waals surface area contributed by atoms with Crippen molar-refractivity contribution < 1.29 is 27.4 Å². The second-order valence-corrected chi connectivity index (χ2v) is 4.90. The molecule has 0 unspecified atom stereocenters. The third-order valence-corrected chi connectivity index (χ3v) is 2.88. The lowest BCUT2D eigenvalue weighted by molar-refractivity contribution is -0.154. The first-order chi connectivity index (χ1) is 11.9. The number of halogens is 4. The molecule has 10 heteroatoms. The first kappa shape index (κ1) is 21.5. The van der Waals surface area contributed by atoms with Gasteiger partial charge < -0.3 is 20.5 Å². The summed E-state index contributed by atoms with van der Waals surface area (Å²) in [5.41, 5.74) is 6.05. The number of carbonyl (C=O) groups excluding carboxylic acids is 1. The van der Waals surface area contributed by atoms with E-state index < -0.39 is 18.7 Å². The van der Waals surface area contributed by atoms with Crippen molar-refractivity contribution in [1.29, 1.82) is 0 Å². The molecular formula is C16H17ClF3N3O3. The second kappa shape index (κ2) is 9.83. The van der Waals surface area contributed by atoms with Crippen LogP contribution in [0.5, 0.6) is 11.6 Å². The largest absolute Gasteiger partial charge is 0.492 e. The number of benzene rings is 1. The predicted octanol–water partition coefficient (Wildman–Crippen LogP) is 3.03. The lowest BCUT2D eigenvalue weighted by Crippen LogP contribution is -2.19. The first-order valence-electron chi connectivity index (χ1n) is 7.27. The smallest absolute Gasteiger partial charge is 0.422 e. The van der Waals surface area contributed by atoms with Gasteiger partial charge in [0.15, 0.2) is 6.61 Å². The van der Waals surface area contributed by atoms with Crippen molar-refractivity contribution >= 4 is 24.0 Å². The van der Waals surface area contributed by atoms with Crippen LogP contribution in [0.3, 0.4) is 0 Å². The standard InChI is InChI=1S/C16H16F3N3O3.ClH/c17-16(18,19)10-25-14-6-1-11(9-21-14)15(23)22-12-2-4-13(5-3-12)24-8-7-20;/h1-6,9H,7-8,10,20H2,(H,22,23);1H. The average molecular weight is 392 g/mol. The Morgan fingerprint density at radius 3 is 2.35 bits per heavy atom. The molecule has 3 N–H and O–H groups in total. The molecule has 2 aromatic rings. The van der Waals surface area contributed by atoms with Crippen LogP contribution in [0.15, 0.2) is 42.6 Å². The molecule has 26 heavy (non-hydrogen) atoms. The van der Waals surface area contributed by atoms with E-state index in [9.17, 15) is 18.0 Å². The molecule has 1 amide bonds. The number of amides is 1. The summed E-state index contributed by atoms with van der Waals surface area (Å²) in [7, 11) is 0. The highest BCUT2D eigenvalue weighted by Gasteiger charge is 2.28. The summed E-state index contributed by atoms with van der Waals surface area (Å²) in [6, 6.07) is 9.18. The Morgan fingerprint density at radius 2 is 1.81 bits per heavy atom. The molecule has 1 aromatic heterocycles. The van der Waals surface area contributed by atoms with Gasteiger partial charge in [0, 0.05) is 24.5 Å². The van der Waals surface area contributed by atoms with Gasteiger partial charge in [-0.25, -0.2) is 4.98 Å². The van der Waals surface area contributed by atoms with E-state index in [1.165, 1.54) is 12.1 Å². The number of anilines is 1. The van der Waals surface area contributed by atoms with Crippen LogP contribution in [0.4, 0.5) is 18.9 Å². The lowest BCUT2D eigenvalue weighted by Gasteiger charge is -2.09. The van der Waals surface area contributed by atoms with Gasteiger partial charge in [0.1, 0.15) is 12.4 Å². The van der Waals surface area contributed by atoms with E-state index in [4.69, 9.17) is 10.5 Å². The van der Waals surface area contributed by atoms with Gasteiger partial charge >= 0.3 is 6.18 Å². The summed E-state index contributed by atoms with van der Waals surface area (Å²) in [6.07, 6.45) is -3.31. The number of hydrogen-bond acceptors (Lipinski definition) is 5. The van der Waals surface area contributed by atoms with Gasteiger partial charge in [-0.3, -0.25) is 4.79 Å². The van der Waals surface area contributed by atoms with Crippen molar-refractivity contribution in [2.45, 2.75) is 6.18 Å². The maximum Gasteiger partial charge on any atom is 0.422 e. The molecule has 0 saturated heterocycles. The topological polar surface area (TPSA) is 86.5 Å². The monoisotopic (exact) mass is 391 g/mol. The third kappa shape index (κ3) is 7.16. The maximum atomic E-state index is 12.1. The van der Waals surface area contributed by atoms with Crippen LogP contribution in [0, 0.1) is 0 Å². The number of nitrogens with one attached hydrogen (secondary N) is 1. The second-order valence-electron chi connectivity index (χ2n) is 4.90. The van der Waals surface area contributed by atoms with Crippen LogP contribution in [-0.2, 0) is 0 Å². The fourth-order valence-electron chi connectivity index (χ4n) is 1.77. The van der Waals surface area contributed by atoms with Gasteiger partial charge in [-0.05, 0) is 30.3 Å². The average Bonchev–Trinajstić information content (AvgIpc) is 2.59. The summed E-state index contributed by atoms with van der Waals surface area (Å²) >= 11 is 0. The van der Waals surface area contributed by atoms with Crippen molar-refractivity contribution in [3.8, 4) is 11.6 Å². The van der Waals surface area contributed by atoms with Crippen LogP contribution in [0.1, 0.15) is 10.4 Å². The number of aromatic nitrogens is 1. The highest BCUT2D eigenvalue weighted by atomic mass is 35.5. The Bertz CT molecular complexity index is 695. The van der Waals surface area contributed by atoms with E-state index in [0.29, 0.717) is 24.6 Å². The van der Waals surface area contributed by atoms with Crippen LogP contribution in [-0.4, -0.2) is 36.8 Å². The molecule has 1 aromatic carbocycles. The number of rotatable bonds is 7. The van der Waals surface area contributed by atoms with Crippen LogP contribution in [0.2, 0.25) is 0 Å². The Labute approximate surface area is 153 Å². The van der Waals surface area contributed by atoms with Crippen LogP contribution in [0.25, 0.3) is 0 Å². The maximum absolute atomic E-state index is 12.1. The van der Waals surface area contributed by atoms with Crippen molar-refractivity contribution in [3.63, 3.8) is 0 Å². The van der Waals surface area contributed by atoms with Gasteiger partial charge in [0.05, 0.1) is 5.56 Å². The molecule has 0 spiro atoms. The molecule has 0 saturated carbocycles. The van der Waals surface area contributed by atoms with Crippen molar-refractivity contribution in [2.24, 2.45) is 5.73 Å². The Balaban J connectivity index is 0.00000338. The van der Waals surface area contributed by atoms with Gasteiger partial charge in [0.2, 0.25) is 5.88 Å². The van der Waals surface area contributed by atoms with Gasteiger partial charge in [0.25, 0.3) is 5.91 Å². The molecule has 2 rings (SSSR count). The molecule has 0 fully saturated rings. The zero-order chi connectivity index (χ0) is 18.3. The molecule has 0 aliphatic rings.